The summed E-state index contributed by atoms with van der Waals surface area (Å²) in [4.78, 5) is 16.8. The van der Waals surface area contributed by atoms with Gasteiger partial charge in [-0.15, -0.1) is 0 Å². The molecule has 7 heteroatoms. The van der Waals surface area contributed by atoms with E-state index in [1.165, 1.54) is 0 Å². The van der Waals surface area contributed by atoms with Gasteiger partial charge < -0.3 is 29.3 Å². The van der Waals surface area contributed by atoms with Crippen molar-refractivity contribution in [2.45, 2.75) is 13.8 Å². The van der Waals surface area contributed by atoms with Crippen LogP contribution in [0.25, 0.3) is 0 Å². The van der Waals surface area contributed by atoms with Gasteiger partial charge in [0.15, 0.2) is 11.5 Å². The number of nitrogens with zero attached hydrogens (tertiary/aromatic N) is 2. The molecule has 1 heterocycles. The number of anilines is 2. The number of ether oxygens (including phenoxy) is 3. The summed E-state index contributed by atoms with van der Waals surface area (Å²) in [6, 6.07) is 9.82. The second-order valence-electron chi connectivity index (χ2n) is 7.05. The maximum Gasteiger partial charge on any atom is 0.321 e. The Balaban J connectivity index is 1.68. The largest absolute Gasteiger partial charge is 0.493 e. The molecule has 2 amide bonds. The Hall–Kier alpha value is -3.09. The number of rotatable bonds is 5. The molecule has 0 atom stereocenters. The zero-order chi connectivity index (χ0) is 21.0. The van der Waals surface area contributed by atoms with Gasteiger partial charge in [-0.3, -0.25) is 0 Å². The molecule has 0 aromatic heterocycles. The summed E-state index contributed by atoms with van der Waals surface area (Å²) in [5.41, 5.74) is 4.00. The number of nitrogens with one attached hydrogen (secondary N) is 1. The molecule has 1 aliphatic rings. The second-order valence-corrected chi connectivity index (χ2v) is 7.05. The number of amides is 2. The Labute approximate surface area is 172 Å². The Morgan fingerprint density at radius 3 is 1.93 bits per heavy atom. The van der Waals surface area contributed by atoms with Crippen LogP contribution in [0.3, 0.4) is 0 Å². The molecule has 2 aromatic carbocycles. The summed E-state index contributed by atoms with van der Waals surface area (Å²) in [5, 5.41) is 3.07. The van der Waals surface area contributed by atoms with Crippen LogP contribution in [-0.4, -0.2) is 58.4 Å². The van der Waals surface area contributed by atoms with Gasteiger partial charge in [0.1, 0.15) is 0 Å². The van der Waals surface area contributed by atoms with Crippen LogP contribution in [-0.2, 0) is 0 Å². The lowest BCUT2D eigenvalue weighted by Gasteiger charge is -2.36. The number of hydrogen-bond donors (Lipinski definition) is 1. The molecule has 0 saturated carbocycles. The number of hydrogen-bond acceptors (Lipinski definition) is 5. The molecule has 0 unspecified atom stereocenters. The van der Waals surface area contributed by atoms with Crippen LogP contribution in [0.2, 0.25) is 0 Å². The van der Waals surface area contributed by atoms with Crippen molar-refractivity contribution < 1.29 is 19.0 Å². The number of piperazine rings is 1. The van der Waals surface area contributed by atoms with Crippen molar-refractivity contribution in [3.63, 3.8) is 0 Å². The summed E-state index contributed by atoms with van der Waals surface area (Å²) in [6.07, 6.45) is 0. The molecule has 0 spiro atoms. The van der Waals surface area contributed by atoms with Crippen LogP contribution in [0.5, 0.6) is 17.2 Å². The molecule has 0 bridgehead atoms. The van der Waals surface area contributed by atoms with Crippen molar-refractivity contribution in [3.05, 3.63) is 41.5 Å². The van der Waals surface area contributed by atoms with Crippen LogP contribution < -0.4 is 24.4 Å². The third kappa shape index (κ3) is 4.34. The fraction of sp³-hybridized carbons (Fsp3) is 0.409. The molecular weight excluding hydrogens is 370 g/mol. The summed E-state index contributed by atoms with van der Waals surface area (Å²) in [6.45, 7) is 6.72. The highest BCUT2D eigenvalue weighted by atomic mass is 16.5. The number of methoxy groups -OCH3 is 3. The van der Waals surface area contributed by atoms with Crippen molar-refractivity contribution in [2.75, 3.05) is 57.7 Å². The molecule has 0 aliphatic carbocycles. The highest BCUT2D eigenvalue weighted by Gasteiger charge is 2.24. The fourth-order valence-electron chi connectivity index (χ4n) is 3.62. The minimum atomic E-state index is -0.0630. The molecule has 2 aromatic rings. The Kier molecular flexibility index (Phi) is 6.36. The zero-order valence-electron chi connectivity index (χ0n) is 17.7. The van der Waals surface area contributed by atoms with E-state index >= 15 is 0 Å². The lowest BCUT2D eigenvalue weighted by molar-refractivity contribution is 0.208. The standard InChI is InChI=1S/C22H29N3O4/c1-15-7-6-8-16(2)20(15)23-22(26)25-11-9-24(10-12-25)17-13-18(27-3)21(29-5)19(14-17)28-4/h6-8,13-14H,9-12H2,1-5H3,(H,23,26). The van der Waals surface area contributed by atoms with Crippen molar-refractivity contribution in [1.29, 1.82) is 0 Å². The average molecular weight is 399 g/mol. The lowest BCUT2D eigenvalue weighted by atomic mass is 10.1. The molecule has 1 aliphatic heterocycles. The van der Waals surface area contributed by atoms with Gasteiger partial charge >= 0.3 is 6.03 Å². The van der Waals surface area contributed by atoms with E-state index in [-0.39, 0.29) is 6.03 Å². The highest BCUT2D eigenvalue weighted by Crippen LogP contribution is 2.41. The van der Waals surface area contributed by atoms with Crippen LogP contribution in [0.15, 0.2) is 30.3 Å². The molecule has 1 N–H and O–H groups in total. The Morgan fingerprint density at radius 2 is 1.45 bits per heavy atom. The normalized spacial score (nSPS) is 13.8. The van der Waals surface area contributed by atoms with Gasteiger partial charge in [0.2, 0.25) is 5.75 Å². The first kappa shape index (κ1) is 20.6. The number of aryl methyl sites for hydroxylation is 2. The van der Waals surface area contributed by atoms with E-state index in [1.807, 2.05) is 49.1 Å². The van der Waals surface area contributed by atoms with Gasteiger partial charge in [0.05, 0.1) is 21.3 Å². The summed E-state index contributed by atoms with van der Waals surface area (Å²) >= 11 is 0. The quantitative estimate of drug-likeness (QED) is 0.831. The van der Waals surface area contributed by atoms with Crippen LogP contribution >= 0.6 is 0 Å². The van der Waals surface area contributed by atoms with Gasteiger partial charge in [-0.05, 0) is 25.0 Å². The highest BCUT2D eigenvalue weighted by molar-refractivity contribution is 5.91. The number of carbonyl (C=O) groups is 1. The van der Waals surface area contributed by atoms with E-state index in [4.69, 9.17) is 14.2 Å². The predicted molar refractivity (Wildman–Crippen MR) is 115 cm³/mol. The smallest absolute Gasteiger partial charge is 0.321 e. The average Bonchev–Trinajstić information content (AvgIpc) is 2.75. The minimum absolute atomic E-state index is 0.0630. The zero-order valence-corrected chi connectivity index (χ0v) is 17.7. The SMILES string of the molecule is COc1cc(N2CCN(C(=O)Nc3c(C)cccc3C)CC2)cc(OC)c1OC. The van der Waals surface area contributed by atoms with Crippen LogP contribution in [0.1, 0.15) is 11.1 Å². The summed E-state index contributed by atoms with van der Waals surface area (Å²) < 4.78 is 16.3. The fourth-order valence-corrected chi connectivity index (χ4v) is 3.62. The van der Waals surface area contributed by atoms with Crippen molar-refractivity contribution in [1.82, 2.24) is 4.90 Å². The van der Waals surface area contributed by atoms with E-state index in [2.05, 4.69) is 10.2 Å². The minimum Gasteiger partial charge on any atom is -0.493 e. The third-order valence-corrected chi connectivity index (χ3v) is 5.29. The molecule has 7 nitrogen and oxygen atoms in total. The van der Waals surface area contributed by atoms with E-state index in [0.717, 1.165) is 35.6 Å². The van der Waals surface area contributed by atoms with Crippen LogP contribution in [0, 0.1) is 13.8 Å². The molecule has 1 saturated heterocycles. The molecule has 29 heavy (non-hydrogen) atoms. The van der Waals surface area contributed by atoms with Crippen molar-refractivity contribution >= 4 is 17.4 Å². The first-order chi connectivity index (χ1) is 14.0. The van der Waals surface area contributed by atoms with Gasteiger partial charge in [-0.25, -0.2) is 4.79 Å². The summed E-state index contributed by atoms with van der Waals surface area (Å²) in [5.74, 6) is 1.82. The molecule has 156 valence electrons. The maximum absolute atomic E-state index is 12.7. The van der Waals surface area contributed by atoms with E-state index in [9.17, 15) is 4.79 Å². The second kappa shape index (κ2) is 8.94. The number of urea groups is 1. The van der Waals surface area contributed by atoms with Crippen LogP contribution in [0.4, 0.5) is 16.2 Å². The van der Waals surface area contributed by atoms with Gasteiger partial charge in [-0.2, -0.15) is 0 Å². The predicted octanol–water partition coefficient (Wildman–Crippen LogP) is 3.68. The summed E-state index contributed by atoms with van der Waals surface area (Å²) in [7, 11) is 4.81. The van der Waals surface area contributed by atoms with E-state index in [1.54, 1.807) is 21.3 Å². The number of carbonyl (C=O) groups excluding carboxylic acids is 1. The maximum atomic E-state index is 12.7. The number of benzene rings is 2. The van der Waals surface area contributed by atoms with Gasteiger partial charge in [0, 0.05) is 49.7 Å². The van der Waals surface area contributed by atoms with Gasteiger partial charge in [0.25, 0.3) is 0 Å². The molecule has 0 radical (unpaired) electrons. The molecular formula is C22H29N3O4. The number of para-hydroxylation sites is 1. The van der Waals surface area contributed by atoms with E-state index < -0.39 is 0 Å². The van der Waals surface area contributed by atoms with Crippen molar-refractivity contribution in [2.24, 2.45) is 0 Å². The first-order valence-corrected chi connectivity index (χ1v) is 9.65. The van der Waals surface area contributed by atoms with Crippen molar-refractivity contribution in [3.8, 4) is 17.2 Å². The third-order valence-electron chi connectivity index (χ3n) is 5.29. The van der Waals surface area contributed by atoms with E-state index in [0.29, 0.717) is 30.3 Å². The van der Waals surface area contributed by atoms with Gasteiger partial charge in [-0.1, -0.05) is 18.2 Å². The monoisotopic (exact) mass is 399 g/mol. The molecule has 1 fully saturated rings. The molecule has 3 rings (SSSR count). The Morgan fingerprint density at radius 1 is 0.897 bits per heavy atom. The first-order valence-electron chi connectivity index (χ1n) is 9.65. The topological polar surface area (TPSA) is 63.3 Å². The lowest BCUT2D eigenvalue weighted by Crippen LogP contribution is -2.50. The Bertz CT molecular complexity index is 831.